The molecule has 0 saturated carbocycles. The highest BCUT2D eigenvalue weighted by atomic mass is 35.5. The molecule has 1 atom stereocenters. The van der Waals surface area contributed by atoms with Gasteiger partial charge in [0.15, 0.2) is 0 Å². The van der Waals surface area contributed by atoms with Crippen LogP contribution in [0.2, 0.25) is 5.02 Å². The first-order chi connectivity index (χ1) is 9.65. The number of benzene rings is 1. The van der Waals surface area contributed by atoms with Gasteiger partial charge in [0.2, 0.25) is 5.91 Å². The molecule has 5 heteroatoms. The van der Waals surface area contributed by atoms with Crippen LogP contribution in [0, 0.1) is 0 Å². The maximum absolute atomic E-state index is 11.8. The Kier molecular flexibility index (Phi) is 3.32. The van der Waals surface area contributed by atoms with Crippen molar-refractivity contribution in [2.24, 2.45) is 5.10 Å². The highest BCUT2D eigenvalue weighted by molar-refractivity contribution is 6.30. The SMILES string of the molecule is CC(=O)N1N=C(c2ccco2)CC1c1cccc(Cl)c1. The molecule has 1 aliphatic heterocycles. The number of hydrogen-bond acceptors (Lipinski definition) is 3. The normalized spacial score (nSPS) is 18.2. The third-order valence-corrected chi connectivity index (χ3v) is 3.51. The number of rotatable bonds is 2. The summed E-state index contributed by atoms with van der Waals surface area (Å²) in [5.41, 5.74) is 1.74. The van der Waals surface area contributed by atoms with Crippen molar-refractivity contribution in [2.75, 3.05) is 0 Å². The minimum Gasteiger partial charge on any atom is -0.463 e. The van der Waals surface area contributed by atoms with E-state index in [-0.39, 0.29) is 11.9 Å². The van der Waals surface area contributed by atoms with Gasteiger partial charge < -0.3 is 4.42 Å². The molecule has 1 unspecified atom stereocenters. The molecule has 0 fully saturated rings. The summed E-state index contributed by atoms with van der Waals surface area (Å²) in [5.74, 6) is 0.595. The number of furan rings is 1. The predicted molar refractivity (Wildman–Crippen MR) is 76.6 cm³/mol. The maximum atomic E-state index is 11.8. The monoisotopic (exact) mass is 288 g/mol. The summed E-state index contributed by atoms with van der Waals surface area (Å²) in [6, 6.07) is 11.0. The summed E-state index contributed by atoms with van der Waals surface area (Å²) < 4.78 is 5.36. The Bertz CT molecular complexity index is 664. The number of hydrazone groups is 1. The number of carbonyl (C=O) groups is 1. The molecule has 0 aliphatic carbocycles. The Hall–Kier alpha value is -2.07. The average Bonchev–Trinajstić information content (AvgIpc) is 3.08. The lowest BCUT2D eigenvalue weighted by molar-refractivity contribution is -0.130. The van der Waals surface area contributed by atoms with E-state index in [1.54, 1.807) is 6.26 Å². The van der Waals surface area contributed by atoms with E-state index in [0.717, 1.165) is 11.3 Å². The number of halogens is 1. The van der Waals surface area contributed by atoms with Gasteiger partial charge in [-0.25, -0.2) is 5.01 Å². The van der Waals surface area contributed by atoms with Gasteiger partial charge >= 0.3 is 0 Å². The average molecular weight is 289 g/mol. The van der Waals surface area contributed by atoms with Crippen LogP contribution in [0.15, 0.2) is 52.2 Å². The highest BCUT2D eigenvalue weighted by Crippen LogP contribution is 2.33. The zero-order valence-electron chi connectivity index (χ0n) is 10.9. The van der Waals surface area contributed by atoms with Crippen molar-refractivity contribution in [1.29, 1.82) is 0 Å². The van der Waals surface area contributed by atoms with E-state index in [0.29, 0.717) is 17.2 Å². The summed E-state index contributed by atoms with van der Waals surface area (Å²) in [6.45, 7) is 1.51. The fourth-order valence-electron chi connectivity index (χ4n) is 2.37. The smallest absolute Gasteiger partial charge is 0.240 e. The van der Waals surface area contributed by atoms with Gasteiger partial charge in [-0.2, -0.15) is 5.10 Å². The Labute approximate surface area is 121 Å². The number of carbonyl (C=O) groups excluding carboxylic acids is 1. The molecule has 4 nitrogen and oxygen atoms in total. The zero-order chi connectivity index (χ0) is 14.1. The predicted octanol–water partition coefficient (Wildman–Crippen LogP) is 3.63. The van der Waals surface area contributed by atoms with Crippen LogP contribution in [-0.4, -0.2) is 16.6 Å². The van der Waals surface area contributed by atoms with Gasteiger partial charge in [0.05, 0.1) is 12.3 Å². The molecule has 20 heavy (non-hydrogen) atoms. The molecule has 1 amide bonds. The molecule has 1 aromatic heterocycles. The third-order valence-electron chi connectivity index (χ3n) is 3.27. The van der Waals surface area contributed by atoms with Crippen molar-refractivity contribution in [3.05, 3.63) is 59.0 Å². The summed E-state index contributed by atoms with van der Waals surface area (Å²) in [7, 11) is 0. The van der Waals surface area contributed by atoms with Gasteiger partial charge in [0, 0.05) is 18.4 Å². The van der Waals surface area contributed by atoms with Crippen molar-refractivity contribution in [3.8, 4) is 0 Å². The van der Waals surface area contributed by atoms with Gasteiger partial charge in [-0.05, 0) is 29.8 Å². The Morgan fingerprint density at radius 1 is 1.40 bits per heavy atom. The second-order valence-corrected chi connectivity index (χ2v) is 5.10. The summed E-state index contributed by atoms with van der Waals surface area (Å²) in [5, 5.41) is 6.52. The van der Waals surface area contributed by atoms with E-state index < -0.39 is 0 Å². The Balaban J connectivity index is 1.95. The standard InChI is InChI=1S/C15H13ClN2O2/c1-10(19)18-14(11-4-2-5-12(16)8-11)9-13(17-18)15-6-3-7-20-15/h2-8,14H,9H2,1H3. The first-order valence-electron chi connectivity index (χ1n) is 6.32. The summed E-state index contributed by atoms with van der Waals surface area (Å²) in [4.78, 5) is 11.8. The molecule has 2 heterocycles. The molecule has 1 aromatic carbocycles. The van der Waals surface area contributed by atoms with Crippen molar-refractivity contribution in [2.45, 2.75) is 19.4 Å². The van der Waals surface area contributed by atoms with Crippen LogP contribution in [0.3, 0.4) is 0 Å². The van der Waals surface area contributed by atoms with Crippen LogP contribution in [0.25, 0.3) is 0 Å². The Morgan fingerprint density at radius 2 is 2.25 bits per heavy atom. The minimum atomic E-state index is -0.133. The molecule has 0 N–H and O–H groups in total. The van der Waals surface area contributed by atoms with Crippen molar-refractivity contribution in [1.82, 2.24) is 5.01 Å². The maximum Gasteiger partial charge on any atom is 0.240 e. The first-order valence-corrected chi connectivity index (χ1v) is 6.69. The van der Waals surface area contributed by atoms with Gasteiger partial charge in [-0.15, -0.1) is 0 Å². The van der Waals surface area contributed by atoms with Gasteiger partial charge in [0.1, 0.15) is 11.5 Å². The molecular formula is C15H13ClN2O2. The first kappa shape index (κ1) is 12.9. The van der Waals surface area contributed by atoms with E-state index in [2.05, 4.69) is 5.10 Å². The fourth-order valence-corrected chi connectivity index (χ4v) is 2.56. The van der Waals surface area contributed by atoms with Crippen LogP contribution in [0.1, 0.15) is 30.7 Å². The molecule has 2 aromatic rings. The zero-order valence-corrected chi connectivity index (χ0v) is 11.7. The molecule has 0 radical (unpaired) electrons. The Morgan fingerprint density at radius 3 is 2.90 bits per heavy atom. The van der Waals surface area contributed by atoms with Crippen molar-refractivity contribution >= 4 is 23.2 Å². The molecular weight excluding hydrogens is 276 g/mol. The van der Waals surface area contributed by atoms with Crippen LogP contribution < -0.4 is 0 Å². The van der Waals surface area contributed by atoms with E-state index >= 15 is 0 Å². The summed E-state index contributed by atoms with van der Waals surface area (Å²) >= 11 is 6.03. The van der Waals surface area contributed by atoms with Crippen LogP contribution in [0.4, 0.5) is 0 Å². The van der Waals surface area contributed by atoms with Crippen molar-refractivity contribution in [3.63, 3.8) is 0 Å². The van der Waals surface area contributed by atoms with E-state index in [9.17, 15) is 4.79 Å². The summed E-state index contributed by atoms with van der Waals surface area (Å²) in [6.07, 6.45) is 2.22. The van der Waals surface area contributed by atoms with Gasteiger partial charge in [-0.1, -0.05) is 23.7 Å². The quantitative estimate of drug-likeness (QED) is 0.847. The van der Waals surface area contributed by atoms with Crippen LogP contribution >= 0.6 is 11.6 Å². The minimum absolute atomic E-state index is 0.100. The highest BCUT2D eigenvalue weighted by Gasteiger charge is 2.32. The number of amides is 1. The van der Waals surface area contributed by atoms with E-state index in [4.69, 9.17) is 16.0 Å². The second-order valence-electron chi connectivity index (χ2n) is 4.66. The van der Waals surface area contributed by atoms with Gasteiger partial charge in [-0.3, -0.25) is 4.79 Å². The molecule has 3 rings (SSSR count). The van der Waals surface area contributed by atoms with Crippen molar-refractivity contribution < 1.29 is 9.21 Å². The van der Waals surface area contributed by atoms with Gasteiger partial charge in [0.25, 0.3) is 0 Å². The van der Waals surface area contributed by atoms with Crippen LogP contribution in [-0.2, 0) is 4.79 Å². The number of hydrogen-bond donors (Lipinski definition) is 0. The molecule has 0 bridgehead atoms. The topological polar surface area (TPSA) is 45.8 Å². The molecule has 1 aliphatic rings. The lowest BCUT2D eigenvalue weighted by atomic mass is 10.0. The molecule has 0 saturated heterocycles. The number of nitrogens with zero attached hydrogens (tertiary/aromatic N) is 2. The lowest BCUT2D eigenvalue weighted by Crippen LogP contribution is -2.24. The second kappa shape index (κ2) is 5.13. The largest absolute Gasteiger partial charge is 0.463 e. The third kappa shape index (κ3) is 2.34. The molecule has 102 valence electrons. The van der Waals surface area contributed by atoms with E-state index in [1.807, 2.05) is 36.4 Å². The lowest BCUT2D eigenvalue weighted by Gasteiger charge is -2.20. The van der Waals surface area contributed by atoms with E-state index in [1.165, 1.54) is 11.9 Å². The van der Waals surface area contributed by atoms with Crippen LogP contribution in [0.5, 0.6) is 0 Å². The molecule has 0 spiro atoms. The fraction of sp³-hybridized carbons (Fsp3) is 0.200.